The van der Waals surface area contributed by atoms with Crippen molar-refractivity contribution in [2.75, 3.05) is 20.3 Å². The Labute approximate surface area is 142 Å². The van der Waals surface area contributed by atoms with Gasteiger partial charge < -0.3 is 19.3 Å². The van der Waals surface area contributed by atoms with Crippen LogP contribution >= 0.6 is 0 Å². The monoisotopic (exact) mass is 334 g/mol. The van der Waals surface area contributed by atoms with E-state index >= 15 is 0 Å². The van der Waals surface area contributed by atoms with Gasteiger partial charge in [-0.3, -0.25) is 4.79 Å². The van der Waals surface area contributed by atoms with Crippen LogP contribution in [0.15, 0.2) is 18.2 Å². The minimum Gasteiger partial charge on any atom is -0.493 e. The first-order valence-electron chi connectivity index (χ1n) is 8.82. The van der Waals surface area contributed by atoms with Gasteiger partial charge in [0, 0.05) is 12.2 Å². The van der Waals surface area contributed by atoms with E-state index in [4.69, 9.17) is 14.2 Å². The molecule has 5 heteroatoms. The SMILES string of the molecule is COc1c(OC2CCCOC2)cccc1C1(C(=O)O)CCCCC1. The molecule has 2 fully saturated rings. The molecule has 0 amide bonds. The van der Waals surface area contributed by atoms with E-state index in [2.05, 4.69) is 0 Å². The second kappa shape index (κ2) is 7.43. The molecular weight excluding hydrogens is 308 g/mol. The number of carbonyl (C=O) groups is 1. The zero-order chi connectivity index (χ0) is 17.0. The Kier molecular flexibility index (Phi) is 5.29. The predicted molar refractivity (Wildman–Crippen MR) is 89.9 cm³/mol. The first-order valence-corrected chi connectivity index (χ1v) is 8.82. The fourth-order valence-electron chi connectivity index (χ4n) is 3.93. The van der Waals surface area contributed by atoms with Crippen LogP contribution in [-0.2, 0) is 14.9 Å². The van der Waals surface area contributed by atoms with Gasteiger partial charge in [-0.25, -0.2) is 0 Å². The fraction of sp³-hybridized carbons (Fsp3) is 0.632. The second-order valence-electron chi connectivity index (χ2n) is 6.74. The van der Waals surface area contributed by atoms with Crippen LogP contribution in [0.4, 0.5) is 0 Å². The molecule has 1 unspecified atom stereocenters. The van der Waals surface area contributed by atoms with Gasteiger partial charge in [0.2, 0.25) is 0 Å². The number of para-hydroxylation sites is 1. The van der Waals surface area contributed by atoms with E-state index in [1.165, 1.54) is 0 Å². The van der Waals surface area contributed by atoms with E-state index in [9.17, 15) is 9.90 Å². The Morgan fingerprint density at radius 3 is 2.67 bits per heavy atom. The van der Waals surface area contributed by atoms with E-state index in [1.54, 1.807) is 7.11 Å². The van der Waals surface area contributed by atoms with E-state index in [0.29, 0.717) is 30.9 Å². The third-order valence-corrected chi connectivity index (χ3v) is 5.23. The molecule has 1 aliphatic heterocycles. The molecule has 1 N–H and O–H groups in total. The minimum absolute atomic E-state index is 0.00460. The van der Waals surface area contributed by atoms with Gasteiger partial charge in [-0.05, 0) is 31.7 Å². The molecule has 1 saturated carbocycles. The van der Waals surface area contributed by atoms with Gasteiger partial charge >= 0.3 is 5.97 Å². The number of aliphatic carboxylic acids is 1. The first kappa shape index (κ1) is 17.1. The molecule has 1 aromatic rings. The second-order valence-corrected chi connectivity index (χ2v) is 6.74. The number of benzene rings is 1. The van der Waals surface area contributed by atoms with Crippen molar-refractivity contribution in [3.05, 3.63) is 23.8 Å². The van der Waals surface area contributed by atoms with Crippen molar-refractivity contribution >= 4 is 5.97 Å². The van der Waals surface area contributed by atoms with Gasteiger partial charge in [0.25, 0.3) is 0 Å². The quantitative estimate of drug-likeness (QED) is 0.892. The van der Waals surface area contributed by atoms with Crippen LogP contribution in [0.1, 0.15) is 50.5 Å². The standard InChI is InChI=1S/C19H26O5/c1-22-17-15(19(18(20)21)10-3-2-4-11-19)8-5-9-16(17)24-14-7-6-12-23-13-14/h5,8-9,14H,2-4,6-7,10-13H2,1H3,(H,20,21). The van der Waals surface area contributed by atoms with Crippen LogP contribution in [0.5, 0.6) is 11.5 Å². The maximum atomic E-state index is 12.1. The summed E-state index contributed by atoms with van der Waals surface area (Å²) in [7, 11) is 1.58. The van der Waals surface area contributed by atoms with Crippen LogP contribution in [0.25, 0.3) is 0 Å². The lowest BCUT2D eigenvalue weighted by Gasteiger charge is -2.35. The minimum atomic E-state index is -0.869. The molecular formula is C19H26O5. The molecule has 2 aliphatic rings. The summed E-state index contributed by atoms with van der Waals surface area (Å²) in [6.07, 6.45) is 6.16. The number of methoxy groups -OCH3 is 1. The lowest BCUT2D eigenvalue weighted by Crippen LogP contribution is -2.38. The highest BCUT2D eigenvalue weighted by atomic mass is 16.5. The molecule has 1 aromatic carbocycles. The number of carboxylic acid groups (broad SMARTS) is 1. The highest BCUT2D eigenvalue weighted by Gasteiger charge is 2.44. The van der Waals surface area contributed by atoms with Crippen molar-refractivity contribution in [3.8, 4) is 11.5 Å². The Morgan fingerprint density at radius 1 is 1.25 bits per heavy atom. The van der Waals surface area contributed by atoms with Crippen LogP contribution in [-0.4, -0.2) is 37.5 Å². The summed E-state index contributed by atoms with van der Waals surface area (Å²) in [5.74, 6) is 0.419. The fourth-order valence-corrected chi connectivity index (χ4v) is 3.93. The predicted octanol–water partition coefficient (Wildman–Crippen LogP) is 3.54. The maximum Gasteiger partial charge on any atom is 0.314 e. The topological polar surface area (TPSA) is 65.0 Å². The molecule has 0 bridgehead atoms. The first-order chi connectivity index (χ1) is 11.7. The van der Waals surface area contributed by atoms with E-state index in [0.717, 1.165) is 44.3 Å². The molecule has 132 valence electrons. The molecule has 1 atom stereocenters. The Morgan fingerprint density at radius 2 is 2.04 bits per heavy atom. The molecule has 3 rings (SSSR count). The average Bonchev–Trinajstić information content (AvgIpc) is 2.63. The van der Waals surface area contributed by atoms with Gasteiger partial charge in [-0.15, -0.1) is 0 Å². The summed E-state index contributed by atoms with van der Waals surface area (Å²) in [5, 5.41) is 9.96. The summed E-state index contributed by atoms with van der Waals surface area (Å²) in [4.78, 5) is 12.1. The molecule has 1 aliphatic carbocycles. The van der Waals surface area contributed by atoms with Gasteiger partial charge in [-0.2, -0.15) is 0 Å². The molecule has 0 aromatic heterocycles. The van der Waals surface area contributed by atoms with Crippen molar-refractivity contribution in [2.24, 2.45) is 0 Å². The van der Waals surface area contributed by atoms with Crippen molar-refractivity contribution in [3.63, 3.8) is 0 Å². The Balaban J connectivity index is 1.95. The smallest absolute Gasteiger partial charge is 0.314 e. The van der Waals surface area contributed by atoms with Crippen molar-refractivity contribution in [1.29, 1.82) is 0 Å². The summed E-state index contributed by atoms with van der Waals surface area (Å²) >= 11 is 0. The highest BCUT2D eigenvalue weighted by molar-refractivity contribution is 5.83. The summed E-state index contributed by atoms with van der Waals surface area (Å²) in [6, 6.07) is 5.61. The van der Waals surface area contributed by atoms with Gasteiger partial charge in [0.05, 0.1) is 19.1 Å². The van der Waals surface area contributed by atoms with E-state index in [1.807, 2.05) is 18.2 Å². The Hall–Kier alpha value is -1.75. The number of rotatable bonds is 5. The van der Waals surface area contributed by atoms with Gasteiger partial charge in [0.1, 0.15) is 6.10 Å². The third-order valence-electron chi connectivity index (χ3n) is 5.23. The number of carboxylic acids is 1. The number of ether oxygens (including phenoxy) is 3. The highest BCUT2D eigenvalue weighted by Crippen LogP contribution is 2.46. The summed E-state index contributed by atoms with van der Waals surface area (Å²) in [6.45, 7) is 1.34. The average molecular weight is 334 g/mol. The van der Waals surface area contributed by atoms with Crippen LogP contribution in [0.2, 0.25) is 0 Å². The molecule has 0 spiro atoms. The van der Waals surface area contributed by atoms with E-state index < -0.39 is 11.4 Å². The van der Waals surface area contributed by atoms with Crippen LogP contribution in [0.3, 0.4) is 0 Å². The lowest BCUT2D eigenvalue weighted by molar-refractivity contribution is -0.145. The molecule has 1 saturated heterocycles. The number of hydrogen-bond acceptors (Lipinski definition) is 4. The maximum absolute atomic E-state index is 12.1. The van der Waals surface area contributed by atoms with Gasteiger partial charge in [-0.1, -0.05) is 31.4 Å². The van der Waals surface area contributed by atoms with Crippen molar-refractivity contribution < 1.29 is 24.1 Å². The van der Waals surface area contributed by atoms with Crippen molar-refractivity contribution in [2.45, 2.75) is 56.5 Å². The normalized spacial score (nSPS) is 23.5. The zero-order valence-corrected chi connectivity index (χ0v) is 14.3. The lowest BCUT2D eigenvalue weighted by atomic mass is 9.69. The van der Waals surface area contributed by atoms with Crippen LogP contribution < -0.4 is 9.47 Å². The molecule has 1 heterocycles. The largest absolute Gasteiger partial charge is 0.493 e. The van der Waals surface area contributed by atoms with Crippen molar-refractivity contribution in [1.82, 2.24) is 0 Å². The third kappa shape index (κ3) is 3.22. The Bertz CT molecular complexity index is 571. The molecule has 5 nitrogen and oxygen atoms in total. The zero-order valence-electron chi connectivity index (χ0n) is 14.3. The van der Waals surface area contributed by atoms with E-state index in [-0.39, 0.29) is 6.10 Å². The van der Waals surface area contributed by atoms with Gasteiger partial charge in [0.15, 0.2) is 11.5 Å². The summed E-state index contributed by atoms with van der Waals surface area (Å²) < 4.78 is 17.2. The van der Waals surface area contributed by atoms with Crippen LogP contribution in [0, 0.1) is 0 Å². The molecule has 24 heavy (non-hydrogen) atoms. The molecule has 0 radical (unpaired) electrons. The summed E-state index contributed by atoms with van der Waals surface area (Å²) in [5.41, 5.74) is -0.127. The number of hydrogen-bond donors (Lipinski definition) is 1.